The van der Waals surface area contributed by atoms with Gasteiger partial charge in [0.2, 0.25) is 0 Å². The first kappa shape index (κ1) is 10.7. The maximum atomic E-state index is 6.13. The average Bonchev–Trinajstić information content (AvgIpc) is 2.71. The van der Waals surface area contributed by atoms with Gasteiger partial charge < -0.3 is 0 Å². The lowest BCUT2D eigenvalue weighted by molar-refractivity contribution is 1.10. The van der Waals surface area contributed by atoms with Gasteiger partial charge in [-0.1, -0.05) is 17.7 Å². The molecular weight excluding hydrogens is 302 g/mol. The van der Waals surface area contributed by atoms with Crippen LogP contribution in [0.1, 0.15) is 0 Å². The van der Waals surface area contributed by atoms with Gasteiger partial charge in [0, 0.05) is 17.1 Å². The lowest BCUT2D eigenvalue weighted by Crippen LogP contribution is -1.83. The average molecular weight is 309 g/mol. The van der Waals surface area contributed by atoms with Crippen molar-refractivity contribution >= 4 is 38.4 Å². The van der Waals surface area contributed by atoms with Gasteiger partial charge in [-0.15, -0.1) is 0 Å². The van der Waals surface area contributed by atoms with Gasteiger partial charge in [0.05, 0.1) is 16.2 Å². The van der Waals surface area contributed by atoms with Crippen LogP contribution in [0.2, 0.25) is 5.02 Å². The molecule has 0 unspecified atom stereocenters. The summed E-state index contributed by atoms with van der Waals surface area (Å²) in [6.45, 7) is 0. The van der Waals surface area contributed by atoms with E-state index in [0.29, 0.717) is 5.02 Å². The molecule has 0 saturated heterocycles. The summed E-state index contributed by atoms with van der Waals surface area (Å²) in [7, 11) is 0. The minimum atomic E-state index is 0.645. The Morgan fingerprint density at radius 2 is 2.12 bits per heavy atom. The monoisotopic (exact) mass is 307 g/mol. The number of nitrogens with zero attached hydrogens (tertiary/aromatic N) is 2. The maximum Gasteiger partial charge on any atom is 0.135 e. The highest BCUT2D eigenvalue weighted by atomic mass is 79.9. The molecule has 2 aromatic heterocycles. The van der Waals surface area contributed by atoms with Gasteiger partial charge in [-0.2, -0.15) is 5.10 Å². The fourth-order valence-electron chi connectivity index (χ4n) is 1.73. The molecule has 0 fully saturated rings. The predicted octanol–water partition coefficient (Wildman–Crippen LogP) is 4.04. The number of benzene rings is 1. The second-order valence-electron chi connectivity index (χ2n) is 3.61. The van der Waals surface area contributed by atoms with Crippen molar-refractivity contribution in [1.29, 1.82) is 0 Å². The summed E-state index contributed by atoms with van der Waals surface area (Å²) >= 11 is 9.52. The van der Waals surface area contributed by atoms with Gasteiger partial charge in [0.25, 0.3) is 0 Å². The van der Waals surface area contributed by atoms with Crippen LogP contribution in [0.3, 0.4) is 0 Å². The Labute approximate surface area is 111 Å². The molecule has 0 aliphatic heterocycles. The minimum absolute atomic E-state index is 0.645. The number of halogens is 2. The number of H-pyrrole nitrogens is 1. The number of nitrogens with one attached hydrogen (secondary N) is 1. The molecule has 0 aliphatic carbocycles. The molecule has 1 aromatic carbocycles. The fourth-order valence-corrected chi connectivity index (χ4v) is 2.37. The molecule has 0 atom stereocenters. The lowest BCUT2D eigenvalue weighted by Gasteiger charge is -2.02. The minimum Gasteiger partial charge on any atom is -0.277 e. The fraction of sp³-hybridized carbons (Fsp3) is 0. The Kier molecular flexibility index (Phi) is 2.61. The molecule has 0 radical (unpaired) electrons. The zero-order chi connectivity index (χ0) is 11.8. The summed E-state index contributed by atoms with van der Waals surface area (Å²) in [4.78, 5) is 4.29. The van der Waals surface area contributed by atoms with Crippen molar-refractivity contribution in [2.24, 2.45) is 0 Å². The van der Waals surface area contributed by atoms with E-state index in [1.807, 2.05) is 30.3 Å². The van der Waals surface area contributed by atoms with Crippen molar-refractivity contribution in [3.05, 3.63) is 46.2 Å². The summed E-state index contributed by atoms with van der Waals surface area (Å²) in [5, 5.41) is 8.68. The van der Waals surface area contributed by atoms with Crippen molar-refractivity contribution in [1.82, 2.24) is 15.2 Å². The molecule has 0 bridgehead atoms. The molecule has 0 aliphatic rings. The first-order valence-electron chi connectivity index (χ1n) is 5.00. The Morgan fingerprint density at radius 1 is 1.24 bits per heavy atom. The summed E-state index contributed by atoms with van der Waals surface area (Å²) < 4.78 is 0.793. The smallest absolute Gasteiger partial charge is 0.135 e. The van der Waals surface area contributed by atoms with Crippen molar-refractivity contribution in [3.63, 3.8) is 0 Å². The molecule has 0 amide bonds. The van der Waals surface area contributed by atoms with E-state index in [2.05, 4.69) is 31.1 Å². The standard InChI is InChI=1S/C12H7BrClN3/c13-12-8-6-7(3-4-10(8)16-17-12)11-9(14)2-1-5-15-11/h1-6H,(H,16,17). The normalized spacial score (nSPS) is 10.9. The number of fused-ring (bicyclic) bond motifs is 1. The van der Waals surface area contributed by atoms with Crippen molar-refractivity contribution < 1.29 is 0 Å². The number of rotatable bonds is 1. The third-order valence-corrected chi connectivity index (χ3v) is 3.46. The molecule has 3 aromatic rings. The summed E-state index contributed by atoms with van der Waals surface area (Å²) in [5.74, 6) is 0. The van der Waals surface area contributed by atoms with E-state index in [-0.39, 0.29) is 0 Å². The van der Waals surface area contributed by atoms with Crippen LogP contribution in [0.25, 0.3) is 22.2 Å². The van der Waals surface area contributed by atoms with Crippen LogP contribution < -0.4 is 0 Å². The molecule has 3 rings (SSSR count). The van der Waals surface area contributed by atoms with Gasteiger partial charge in [-0.3, -0.25) is 10.1 Å². The molecule has 0 spiro atoms. The van der Waals surface area contributed by atoms with Crippen LogP contribution in [0.5, 0.6) is 0 Å². The lowest BCUT2D eigenvalue weighted by atomic mass is 10.1. The zero-order valence-electron chi connectivity index (χ0n) is 8.61. The first-order chi connectivity index (χ1) is 8.25. The highest BCUT2D eigenvalue weighted by molar-refractivity contribution is 9.10. The van der Waals surface area contributed by atoms with Crippen LogP contribution in [0, 0.1) is 0 Å². The van der Waals surface area contributed by atoms with Gasteiger partial charge in [-0.25, -0.2) is 0 Å². The number of pyridine rings is 1. The SMILES string of the molecule is Clc1cccnc1-c1ccc2[nH]nc(Br)c2c1. The van der Waals surface area contributed by atoms with E-state index in [1.54, 1.807) is 6.20 Å². The number of hydrogen-bond acceptors (Lipinski definition) is 2. The molecule has 2 heterocycles. The summed E-state index contributed by atoms with van der Waals surface area (Å²) in [6, 6.07) is 9.60. The molecule has 17 heavy (non-hydrogen) atoms. The van der Waals surface area contributed by atoms with E-state index >= 15 is 0 Å². The second-order valence-corrected chi connectivity index (χ2v) is 4.77. The van der Waals surface area contributed by atoms with E-state index in [1.165, 1.54) is 0 Å². The molecule has 0 saturated carbocycles. The van der Waals surface area contributed by atoms with Crippen molar-refractivity contribution in [2.45, 2.75) is 0 Å². The number of hydrogen-bond donors (Lipinski definition) is 1. The van der Waals surface area contributed by atoms with E-state index in [9.17, 15) is 0 Å². The number of aromatic amines is 1. The topological polar surface area (TPSA) is 41.6 Å². The Morgan fingerprint density at radius 3 is 2.94 bits per heavy atom. The van der Waals surface area contributed by atoms with E-state index in [0.717, 1.165) is 26.8 Å². The van der Waals surface area contributed by atoms with Crippen LogP contribution in [0.15, 0.2) is 41.1 Å². The van der Waals surface area contributed by atoms with Crippen molar-refractivity contribution in [3.8, 4) is 11.3 Å². The van der Waals surface area contributed by atoms with Gasteiger partial charge in [0.15, 0.2) is 0 Å². The largest absolute Gasteiger partial charge is 0.277 e. The van der Waals surface area contributed by atoms with E-state index < -0.39 is 0 Å². The summed E-state index contributed by atoms with van der Waals surface area (Å²) in [6.07, 6.45) is 1.73. The Balaban J connectivity index is 2.24. The molecule has 1 N–H and O–H groups in total. The van der Waals surface area contributed by atoms with Crippen LogP contribution in [0.4, 0.5) is 0 Å². The van der Waals surface area contributed by atoms with Crippen LogP contribution >= 0.6 is 27.5 Å². The predicted molar refractivity (Wildman–Crippen MR) is 72.0 cm³/mol. The maximum absolute atomic E-state index is 6.13. The summed E-state index contributed by atoms with van der Waals surface area (Å²) in [5.41, 5.74) is 2.74. The molecule has 5 heteroatoms. The highest BCUT2D eigenvalue weighted by Gasteiger charge is 2.08. The molecule has 84 valence electrons. The van der Waals surface area contributed by atoms with Crippen LogP contribution in [-0.4, -0.2) is 15.2 Å². The second kappa shape index (κ2) is 4.13. The molecular formula is C12H7BrClN3. The first-order valence-corrected chi connectivity index (χ1v) is 6.17. The third kappa shape index (κ3) is 1.83. The third-order valence-electron chi connectivity index (χ3n) is 2.55. The van der Waals surface area contributed by atoms with E-state index in [4.69, 9.17) is 11.6 Å². The van der Waals surface area contributed by atoms with Gasteiger partial charge in [0.1, 0.15) is 4.60 Å². The van der Waals surface area contributed by atoms with Crippen LogP contribution in [-0.2, 0) is 0 Å². The van der Waals surface area contributed by atoms with Gasteiger partial charge >= 0.3 is 0 Å². The zero-order valence-corrected chi connectivity index (χ0v) is 11.0. The Bertz CT molecular complexity index is 693. The highest BCUT2D eigenvalue weighted by Crippen LogP contribution is 2.29. The molecule has 3 nitrogen and oxygen atoms in total. The van der Waals surface area contributed by atoms with Gasteiger partial charge in [-0.05, 0) is 40.2 Å². The number of aromatic nitrogens is 3. The Hall–Kier alpha value is -1.39. The quantitative estimate of drug-likeness (QED) is 0.737. The van der Waals surface area contributed by atoms with Crippen molar-refractivity contribution in [2.75, 3.05) is 0 Å².